The molecular formula is C25H24N2O3. The highest BCUT2D eigenvalue weighted by molar-refractivity contribution is 6.08. The number of nitrogens with one attached hydrogen (secondary N) is 1. The number of rotatable bonds is 4. The second kappa shape index (κ2) is 7.67. The molecule has 0 radical (unpaired) electrons. The van der Waals surface area contributed by atoms with Gasteiger partial charge in [-0.15, -0.1) is 0 Å². The van der Waals surface area contributed by atoms with Crippen LogP contribution in [0.5, 0.6) is 0 Å². The number of aryl methyl sites for hydroxylation is 2. The minimum absolute atomic E-state index is 0.265. The molecule has 1 aliphatic carbocycles. The summed E-state index contributed by atoms with van der Waals surface area (Å²) in [7, 11) is 1.75. The Labute approximate surface area is 175 Å². The van der Waals surface area contributed by atoms with Crippen LogP contribution >= 0.6 is 0 Å². The average Bonchev–Trinajstić information content (AvgIpc) is 2.73. The van der Waals surface area contributed by atoms with E-state index in [1.807, 2.05) is 51.1 Å². The first-order chi connectivity index (χ1) is 14.4. The van der Waals surface area contributed by atoms with Gasteiger partial charge in [-0.3, -0.25) is 4.99 Å². The van der Waals surface area contributed by atoms with E-state index in [2.05, 4.69) is 16.4 Å². The predicted octanol–water partition coefficient (Wildman–Crippen LogP) is 5.48. The second-order valence-electron chi connectivity index (χ2n) is 7.38. The van der Waals surface area contributed by atoms with Gasteiger partial charge < -0.3 is 14.8 Å². The third-order valence-electron chi connectivity index (χ3n) is 5.42. The highest BCUT2D eigenvalue weighted by Gasteiger charge is 2.22. The maximum atomic E-state index is 12.0. The average molecular weight is 400 g/mol. The van der Waals surface area contributed by atoms with E-state index in [4.69, 9.17) is 4.42 Å². The third kappa shape index (κ3) is 3.22. The first-order valence-corrected chi connectivity index (χ1v) is 9.95. The number of hydrogen-bond donors (Lipinski definition) is 2. The Balaban J connectivity index is 2.22. The zero-order valence-corrected chi connectivity index (χ0v) is 17.5. The Hall–Kier alpha value is -3.60. The van der Waals surface area contributed by atoms with Crippen molar-refractivity contribution in [3.63, 3.8) is 0 Å². The molecule has 2 aromatic rings. The van der Waals surface area contributed by atoms with Crippen LogP contribution in [0.2, 0.25) is 0 Å². The van der Waals surface area contributed by atoms with Crippen molar-refractivity contribution >= 4 is 22.6 Å². The van der Waals surface area contributed by atoms with Crippen molar-refractivity contribution in [2.24, 2.45) is 4.99 Å². The summed E-state index contributed by atoms with van der Waals surface area (Å²) in [6.07, 6.45) is 0. The van der Waals surface area contributed by atoms with Crippen LogP contribution in [0.15, 0.2) is 57.9 Å². The molecule has 5 nitrogen and oxygen atoms in total. The van der Waals surface area contributed by atoms with Crippen molar-refractivity contribution in [3.8, 4) is 22.5 Å². The smallest absolute Gasteiger partial charge is 0.336 e. The quantitative estimate of drug-likeness (QED) is 0.445. The number of carbonyl (C=O) groups is 1. The summed E-state index contributed by atoms with van der Waals surface area (Å²) in [6, 6.07) is 15.1. The molecule has 0 unspecified atom stereocenters. The fraction of sp³-hybridized carbons (Fsp3) is 0.200. The first-order valence-electron chi connectivity index (χ1n) is 9.95. The number of carboxylic acids is 1. The van der Waals surface area contributed by atoms with Gasteiger partial charge in [0.15, 0.2) is 0 Å². The van der Waals surface area contributed by atoms with Crippen LogP contribution in [0.4, 0.5) is 5.69 Å². The number of carboxylic acid groups (broad SMARTS) is 1. The molecular weight excluding hydrogens is 376 g/mol. The van der Waals surface area contributed by atoms with Crippen LogP contribution in [-0.2, 0) is 0 Å². The van der Waals surface area contributed by atoms with Gasteiger partial charge in [-0.2, -0.15) is 0 Å². The highest BCUT2D eigenvalue weighted by atomic mass is 16.4. The molecule has 0 bridgehead atoms. The normalized spacial score (nSPS) is 11.9. The molecule has 4 rings (SSSR count). The fourth-order valence-electron chi connectivity index (χ4n) is 3.99. The Bertz CT molecular complexity index is 1320. The largest absolute Gasteiger partial charge is 0.478 e. The van der Waals surface area contributed by atoms with Crippen LogP contribution < -0.4 is 10.7 Å². The van der Waals surface area contributed by atoms with E-state index < -0.39 is 5.97 Å². The maximum Gasteiger partial charge on any atom is 0.336 e. The van der Waals surface area contributed by atoms with E-state index in [-0.39, 0.29) is 5.56 Å². The molecule has 0 aromatic heterocycles. The topological polar surface area (TPSA) is 74.8 Å². The second-order valence-corrected chi connectivity index (χ2v) is 7.38. The van der Waals surface area contributed by atoms with E-state index in [1.165, 1.54) is 0 Å². The summed E-state index contributed by atoms with van der Waals surface area (Å²) < 4.78 is 6.30. The lowest BCUT2D eigenvalue weighted by atomic mass is 9.89. The molecule has 30 heavy (non-hydrogen) atoms. The third-order valence-corrected chi connectivity index (χ3v) is 5.42. The molecule has 1 heterocycles. The van der Waals surface area contributed by atoms with Crippen molar-refractivity contribution in [2.75, 3.05) is 18.9 Å². The zero-order chi connectivity index (χ0) is 21.4. The van der Waals surface area contributed by atoms with Gasteiger partial charge in [0, 0.05) is 47.9 Å². The van der Waals surface area contributed by atoms with Crippen molar-refractivity contribution in [1.82, 2.24) is 0 Å². The summed E-state index contributed by atoms with van der Waals surface area (Å²) >= 11 is 0. The van der Waals surface area contributed by atoms with Gasteiger partial charge in [0.25, 0.3) is 0 Å². The van der Waals surface area contributed by atoms with Crippen molar-refractivity contribution in [2.45, 2.75) is 20.8 Å². The number of fused-ring (bicyclic) bond motifs is 2. The van der Waals surface area contributed by atoms with Gasteiger partial charge in [0.1, 0.15) is 11.3 Å². The van der Waals surface area contributed by atoms with E-state index in [0.717, 1.165) is 45.2 Å². The SMILES string of the molecule is CCNc1cc2oc3cc(=NC)c(C)cc-3c(-c3ccccc3C(=O)O)c2cc1C. The molecule has 2 aliphatic rings. The molecule has 0 saturated heterocycles. The summed E-state index contributed by atoms with van der Waals surface area (Å²) in [5.74, 6) is -0.277. The molecule has 2 aromatic carbocycles. The molecule has 0 amide bonds. The monoisotopic (exact) mass is 400 g/mol. The van der Waals surface area contributed by atoms with Crippen molar-refractivity contribution < 1.29 is 14.3 Å². The predicted molar refractivity (Wildman–Crippen MR) is 120 cm³/mol. The summed E-state index contributed by atoms with van der Waals surface area (Å²) in [5.41, 5.74) is 6.45. The molecule has 0 saturated carbocycles. The molecule has 152 valence electrons. The summed E-state index contributed by atoms with van der Waals surface area (Å²) in [4.78, 5) is 16.3. The number of anilines is 1. The number of aromatic carboxylic acids is 1. The van der Waals surface area contributed by atoms with E-state index in [9.17, 15) is 9.90 Å². The van der Waals surface area contributed by atoms with Gasteiger partial charge >= 0.3 is 5.97 Å². The number of benzene rings is 3. The van der Waals surface area contributed by atoms with Crippen LogP contribution in [-0.4, -0.2) is 24.7 Å². The van der Waals surface area contributed by atoms with Crippen molar-refractivity contribution in [1.29, 1.82) is 0 Å². The zero-order valence-electron chi connectivity index (χ0n) is 17.5. The van der Waals surface area contributed by atoms with Gasteiger partial charge in [0.2, 0.25) is 0 Å². The van der Waals surface area contributed by atoms with Gasteiger partial charge in [-0.05, 0) is 55.7 Å². The maximum absolute atomic E-state index is 12.0. The van der Waals surface area contributed by atoms with Crippen molar-refractivity contribution in [3.05, 3.63) is 70.6 Å². The lowest BCUT2D eigenvalue weighted by molar-refractivity contribution is 0.0697. The van der Waals surface area contributed by atoms with Crippen LogP contribution in [0.1, 0.15) is 28.4 Å². The lowest BCUT2D eigenvalue weighted by Crippen LogP contribution is -2.08. The Morgan fingerprint density at radius 1 is 1.07 bits per heavy atom. The highest BCUT2D eigenvalue weighted by Crippen LogP contribution is 2.42. The van der Waals surface area contributed by atoms with E-state index in [1.54, 1.807) is 19.2 Å². The number of nitrogens with zero attached hydrogens (tertiary/aromatic N) is 1. The van der Waals surface area contributed by atoms with E-state index >= 15 is 0 Å². The molecule has 1 aliphatic heterocycles. The standard InChI is InChI=1S/C25H24N2O3/c1-5-27-21-13-23-19(11-15(21)3)24(16-8-6-7-9-17(16)25(28)29)18-10-14(2)20(26-4)12-22(18)30-23/h6-13,27H,5H2,1-4H3,(H,28,29). The fourth-order valence-corrected chi connectivity index (χ4v) is 3.99. The van der Waals surface area contributed by atoms with Gasteiger partial charge in [-0.1, -0.05) is 18.2 Å². The minimum atomic E-state index is -0.953. The van der Waals surface area contributed by atoms with Crippen LogP contribution in [0, 0.1) is 13.8 Å². The minimum Gasteiger partial charge on any atom is -0.478 e. The molecule has 2 N–H and O–H groups in total. The summed E-state index contributed by atoms with van der Waals surface area (Å²) in [6.45, 7) is 6.89. The van der Waals surface area contributed by atoms with Gasteiger partial charge in [0.05, 0.1) is 10.9 Å². The van der Waals surface area contributed by atoms with Gasteiger partial charge in [-0.25, -0.2) is 4.79 Å². The van der Waals surface area contributed by atoms with E-state index in [0.29, 0.717) is 16.9 Å². The Morgan fingerprint density at radius 2 is 1.83 bits per heavy atom. The summed E-state index contributed by atoms with van der Waals surface area (Å²) in [5, 5.41) is 14.9. The lowest BCUT2D eigenvalue weighted by Gasteiger charge is -2.19. The molecule has 0 spiro atoms. The Morgan fingerprint density at radius 3 is 2.53 bits per heavy atom. The van der Waals surface area contributed by atoms with Crippen LogP contribution in [0.25, 0.3) is 33.4 Å². The molecule has 0 atom stereocenters. The molecule has 0 fully saturated rings. The van der Waals surface area contributed by atoms with Crippen LogP contribution in [0.3, 0.4) is 0 Å². The number of hydrogen-bond acceptors (Lipinski definition) is 4. The first kappa shape index (κ1) is 19.7. The Kier molecular flexibility index (Phi) is 5.04. The molecule has 5 heteroatoms.